The molecule has 0 aromatic heterocycles. The molecular weight excluding hydrogens is 600 g/mol. The predicted octanol–water partition coefficient (Wildman–Crippen LogP) is 5.58. The standard InChI is InChI=1S/C25H44N2O8P.C2HF3O2/c1-5-32-36(31,33-6-2)34-22-21-27(3,4)20-14-12-10-8-7-9-11-13-15-25(28)35-24-18-16-23(17-19-24)26(29)30;3-2(4,5)1(6)7/h16-19H,5-15,20-22H2,1-4H3;(H,6,7)/q+1;/p-1. The third-order valence-corrected chi connectivity index (χ3v) is 7.57. The number of non-ortho nitro benzene ring substituents is 1. The first kappa shape index (κ1) is 40.4. The Morgan fingerprint density at radius 1 is 0.860 bits per heavy atom. The number of alkyl halides is 3. The highest BCUT2D eigenvalue weighted by molar-refractivity contribution is 7.48. The van der Waals surface area contributed by atoms with Crippen LogP contribution in [0.25, 0.3) is 0 Å². The van der Waals surface area contributed by atoms with Crippen LogP contribution in [0.15, 0.2) is 24.3 Å². The van der Waals surface area contributed by atoms with Gasteiger partial charge in [0.25, 0.3) is 5.69 Å². The Labute approximate surface area is 250 Å². The van der Waals surface area contributed by atoms with E-state index in [1.807, 2.05) is 0 Å². The van der Waals surface area contributed by atoms with Crippen LogP contribution in [-0.4, -0.2) is 74.5 Å². The lowest BCUT2D eigenvalue weighted by atomic mass is 10.1. The first-order valence-electron chi connectivity index (χ1n) is 14.1. The first-order chi connectivity index (χ1) is 20.0. The molecule has 0 heterocycles. The molecule has 0 N–H and O–H groups in total. The number of halogens is 3. The van der Waals surface area contributed by atoms with Crippen molar-refractivity contribution < 1.29 is 60.1 Å². The second-order valence-corrected chi connectivity index (χ2v) is 11.8. The van der Waals surface area contributed by atoms with E-state index in [2.05, 4.69) is 14.1 Å². The van der Waals surface area contributed by atoms with Crippen LogP contribution < -0.4 is 9.84 Å². The maximum Gasteiger partial charge on any atom is 0.474 e. The topological polar surface area (TPSA) is 154 Å². The minimum absolute atomic E-state index is 0.0315. The Balaban J connectivity index is 0.00000223. The molecule has 0 bridgehead atoms. The molecule has 1 aromatic rings. The van der Waals surface area contributed by atoms with Crippen molar-refractivity contribution in [3.05, 3.63) is 34.4 Å². The molecule has 0 amide bonds. The minimum atomic E-state index is -5.19. The fourth-order valence-corrected chi connectivity index (χ4v) is 4.79. The van der Waals surface area contributed by atoms with Crippen LogP contribution in [0.2, 0.25) is 0 Å². The Morgan fingerprint density at radius 3 is 1.77 bits per heavy atom. The van der Waals surface area contributed by atoms with E-state index >= 15 is 0 Å². The molecule has 0 aliphatic carbocycles. The third kappa shape index (κ3) is 20.9. The molecule has 43 heavy (non-hydrogen) atoms. The van der Waals surface area contributed by atoms with Crippen molar-refractivity contribution in [1.29, 1.82) is 0 Å². The average Bonchev–Trinajstić information content (AvgIpc) is 2.90. The number of nitro benzene ring substituents is 1. The number of carbonyl (C=O) groups excluding carboxylic acids is 2. The van der Waals surface area contributed by atoms with Crippen LogP contribution in [-0.2, 0) is 27.7 Å². The Bertz CT molecular complexity index is 998. The normalized spacial score (nSPS) is 11.9. The molecule has 0 aliphatic rings. The van der Waals surface area contributed by atoms with Crippen molar-refractivity contribution in [3.8, 4) is 5.75 Å². The summed E-state index contributed by atoms with van der Waals surface area (Å²) in [5, 5.41) is 19.4. The second-order valence-electron chi connectivity index (χ2n) is 10.1. The first-order valence-corrected chi connectivity index (χ1v) is 15.6. The quantitative estimate of drug-likeness (QED) is 0.0315. The fourth-order valence-electron chi connectivity index (χ4n) is 3.63. The number of carboxylic acid groups (broad SMARTS) is 1. The summed E-state index contributed by atoms with van der Waals surface area (Å²) in [7, 11) is 0.842. The van der Waals surface area contributed by atoms with Crippen molar-refractivity contribution >= 4 is 25.4 Å². The van der Waals surface area contributed by atoms with Crippen LogP contribution in [0.4, 0.5) is 18.9 Å². The maximum absolute atomic E-state index is 12.3. The molecule has 0 unspecified atom stereocenters. The van der Waals surface area contributed by atoms with Crippen molar-refractivity contribution in [2.45, 2.75) is 77.8 Å². The molecular formula is C27H44F3N2O10P. The van der Waals surface area contributed by atoms with Crippen molar-refractivity contribution in [3.63, 3.8) is 0 Å². The van der Waals surface area contributed by atoms with Gasteiger partial charge in [0.1, 0.15) is 24.9 Å². The van der Waals surface area contributed by atoms with Gasteiger partial charge in [-0.3, -0.25) is 28.5 Å². The molecule has 0 radical (unpaired) electrons. The highest BCUT2D eigenvalue weighted by Crippen LogP contribution is 2.49. The summed E-state index contributed by atoms with van der Waals surface area (Å²) in [4.78, 5) is 30.8. The number of hydrogen-bond donors (Lipinski definition) is 0. The molecule has 1 aromatic carbocycles. The monoisotopic (exact) mass is 644 g/mol. The van der Waals surface area contributed by atoms with Gasteiger partial charge >= 0.3 is 20.0 Å². The molecule has 0 atom stereocenters. The lowest BCUT2D eigenvalue weighted by Crippen LogP contribution is -2.43. The van der Waals surface area contributed by atoms with E-state index < -0.39 is 24.9 Å². The van der Waals surface area contributed by atoms with E-state index in [-0.39, 0.29) is 24.9 Å². The Morgan fingerprint density at radius 2 is 1.33 bits per heavy atom. The molecule has 0 fully saturated rings. The number of quaternary nitrogens is 1. The fraction of sp³-hybridized carbons (Fsp3) is 0.704. The molecule has 0 spiro atoms. The van der Waals surface area contributed by atoms with Gasteiger partial charge in [0.15, 0.2) is 0 Å². The van der Waals surface area contributed by atoms with Gasteiger partial charge in [-0.2, -0.15) is 13.2 Å². The number of hydrogen-bond acceptors (Lipinski definition) is 10. The van der Waals surface area contributed by atoms with Crippen LogP contribution in [0, 0.1) is 10.1 Å². The van der Waals surface area contributed by atoms with E-state index in [4.69, 9.17) is 28.2 Å². The molecule has 0 aliphatic heterocycles. The van der Waals surface area contributed by atoms with Crippen LogP contribution in [0.3, 0.4) is 0 Å². The predicted molar refractivity (Wildman–Crippen MR) is 150 cm³/mol. The zero-order valence-electron chi connectivity index (χ0n) is 25.3. The molecule has 248 valence electrons. The van der Waals surface area contributed by atoms with Gasteiger partial charge in [-0.1, -0.05) is 32.1 Å². The third-order valence-electron chi connectivity index (χ3n) is 5.93. The SMILES string of the molecule is CCOP(=O)(OCC)OCC[N+](C)(C)CCCCCCCCCCC(=O)Oc1ccc([N+](=O)[O-])cc1.O=C([O-])C(F)(F)F. The van der Waals surface area contributed by atoms with Gasteiger partial charge < -0.3 is 19.1 Å². The second kappa shape index (κ2) is 21.2. The number of nitro groups is 1. The number of ether oxygens (including phenoxy) is 1. The molecule has 0 saturated heterocycles. The number of esters is 1. The van der Waals surface area contributed by atoms with E-state index in [0.29, 0.717) is 18.8 Å². The Kier molecular flexibility index (Phi) is 19.9. The zero-order valence-corrected chi connectivity index (χ0v) is 26.2. The summed E-state index contributed by atoms with van der Waals surface area (Å²) in [6.07, 6.45) is 3.79. The number of rotatable bonds is 21. The van der Waals surface area contributed by atoms with E-state index in [9.17, 15) is 32.6 Å². The van der Waals surface area contributed by atoms with Crippen molar-refractivity contribution in [1.82, 2.24) is 0 Å². The number of unbranched alkanes of at least 4 members (excludes halogenated alkanes) is 7. The van der Waals surface area contributed by atoms with Crippen LogP contribution in [0.1, 0.15) is 71.6 Å². The minimum Gasteiger partial charge on any atom is -0.542 e. The highest BCUT2D eigenvalue weighted by atomic mass is 31.2. The van der Waals surface area contributed by atoms with Gasteiger partial charge in [-0.25, -0.2) is 4.57 Å². The molecule has 12 nitrogen and oxygen atoms in total. The largest absolute Gasteiger partial charge is 0.542 e. The van der Waals surface area contributed by atoms with Gasteiger partial charge in [0, 0.05) is 18.6 Å². The van der Waals surface area contributed by atoms with Gasteiger partial charge in [-0.05, 0) is 45.2 Å². The van der Waals surface area contributed by atoms with E-state index in [1.165, 1.54) is 43.5 Å². The number of benzene rings is 1. The van der Waals surface area contributed by atoms with Gasteiger partial charge in [0.05, 0.1) is 38.8 Å². The summed E-state index contributed by atoms with van der Waals surface area (Å²) in [6, 6.07) is 5.52. The number of phosphoric acid groups is 1. The maximum atomic E-state index is 12.3. The van der Waals surface area contributed by atoms with E-state index in [0.717, 1.165) is 49.7 Å². The summed E-state index contributed by atoms with van der Waals surface area (Å²) in [5.41, 5.74) is -0.0315. The van der Waals surface area contributed by atoms with Crippen LogP contribution in [0.5, 0.6) is 5.75 Å². The molecule has 1 rings (SSSR count). The van der Waals surface area contributed by atoms with Gasteiger partial charge in [0.2, 0.25) is 0 Å². The van der Waals surface area contributed by atoms with Crippen molar-refractivity contribution in [2.24, 2.45) is 0 Å². The molecule has 16 heteroatoms. The smallest absolute Gasteiger partial charge is 0.474 e. The summed E-state index contributed by atoms with van der Waals surface area (Å²) in [6.45, 7) is 6.17. The highest BCUT2D eigenvalue weighted by Gasteiger charge is 2.29. The lowest BCUT2D eigenvalue weighted by molar-refractivity contribution is -0.890. The summed E-state index contributed by atoms with van der Waals surface area (Å²) >= 11 is 0. The van der Waals surface area contributed by atoms with Crippen molar-refractivity contribution in [2.75, 3.05) is 47.0 Å². The van der Waals surface area contributed by atoms with Crippen LogP contribution >= 0.6 is 7.82 Å². The van der Waals surface area contributed by atoms with E-state index in [1.54, 1.807) is 13.8 Å². The number of aliphatic carboxylic acids is 1. The average molecular weight is 645 g/mol. The summed E-state index contributed by atoms with van der Waals surface area (Å²) < 4.78 is 65.6. The number of carboxylic acids is 1. The number of likely N-dealkylation sites (N-methyl/N-ethyl adjacent to an activating group) is 1. The number of nitrogens with zero attached hydrogens (tertiary/aromatic N) is 2. The zero-order chi connectivity index (χ0) is 32.9. The number of carbonyl (C=O) groups is 2. The summed E-state index contributed by atoms with van der Waals surface area (Å²) in [5.74, 6) is -2.99. The number of phosphoric ester groups is 1. The molecule has 0 saturated carbocycles. The Hall–Kier alpha value is -2.58. The lowest BCUT2D eigenvalue weighted by Gasteiger charge is -2.30. The van der Waals surface area contributed by atoms with Gasteiger partial charge in [-0.15, -0.1) is 0 Å².